The van der Waals surface area contributed by atoms with Crippen molar-refractivity contribution in [2.45, 2.75) is 72.0 Å². The highest BCUT2D eigenvalue weighted by Gasteiger charge is 2.35. The van der Waals surface area contributed by atoms with Gasteiger partial charge in [0, 0.05) is 11.4 Å². The lowest BCUT2D eigenvalue weighted by Gasteiger charge is -2.29. The van der Waals surface area contributed by atoms with Gasteiger partial charge in [0.05, 0.1) is 18.8 Å². The molecule has 2 aromatic carbocycles. The monoisotopic (exact) mass is 549 g/mol. The minimum absolute atomic E-state index is 0.192. The molecular formula is C30H39N5O3S. The largest absolute Gasteiger partial charge is 0.490 e. The second-order valence-corrected chi connectivity index (χ2v) is 10.8. The van der Waals surface area contributed by atoms with Crippen LogP contribution in [0.25, 0.3) is 0 Å². The minimum atomic E-state index is -0.501. The van der Waals surface area contributed by atoms with Gasteiger partial charge in [-0.05, 0) is 74.8 Å². The summed E-state index contributed by atoms with van der Waals surface area (Å²) in [5.74, 6) is 2.62. The third-order valence-corrected chi connectivity index (χ3v) is 7.51. The lowest BCUT2D eigenvalue weighted by atomic mass is 9.94. The van der Waals surface area contributed by atoms with Crippen molar-refractivity contribution < 1.29 is 14.3 Å². The zero-order valence-electron chi connectivity index (χ0n) is 23.8. The summed E-state index contributed by atoms with van der Waals surface area (Å²) in [5.41, 5.74) is 5.11. The molecule has 9 heteroatoms. The third-order valence-electron chi connectivity index (χ3n) is 6.79. The SMILES string of the molecule is CCCCCOc1ccc(C2C(C(=O)Nc3cccc(C)c3C)=C(C)Nc3nc(SCC)nn32)cc1OCC. The number of aromatic nitrogens is 3. The first-order valence-electron chi connectivity index (χ1n) is 13.7. The van der Waals surface area contributed by atoms with Gasteiger partial charge in [0.1, 0.15) is 6.04 Å². The van der Waals surface area contributed by atoms with Gasteiger partial charge in [-0.3, -0.25) is 4.79 Å². The molecule has 208 valence electrons. The number of unbranched alkanes of at least 4 members (excludes halogenated alkanes) is 2. The molecule has 0 bridgehead atoms. The van der Waals surface area contributed by atoms with Crippen LogP contribution >= 0.6 is 11.8 Å². The summed E-state index contributed by atoms with van der Waals surface area (Å²) in [6, 6.07) is 11.3. The molecule has 0 saturated carbocycles. The number of carbonyl (C=O) groups is 1. The number of nitrogens with one attached hydrogen (secondary N) is 2. The topological polar surface area (TPSA) is 90.3 Å². The van der Waals surface area contributed by atoms with E-state index in [1.54, 1.807) is 16.4 Å². The van der Waals surface area contributed by atoms with Crippen molar-refractivity contribution in [3.63, 3.8) is 0 Å². The zero-order valence-corrected chi connectivity index (χ0v) is 24.6. The second kappa shape index (κ2) is 13.1. The van der Waals surface area contributed by atoms with Crippen LogP contribution in [0.3, 0.4) is 0 Å². The number of hydrogen-bond acceptors (Lipinski definition) is 7. The Morgan fingerprint density at radius 1 is 1.08 bits per heavy atom. The molecule has 39 heavy (non-hydrogen) atoms. The van der Waals surface area contributed by atoms with Gasteiger partial charge >= 0.3 is 0 Å². The normalized spacial score (nSPS) is 14.6. The smallest absolute Gasteiger partial charge is 0.255 e. The van der Waals surface area contributed by atoms with Crippen LogP contribution in [-0.4, -0.2) is 39.6 Å². The number of benzene rings is 2. The maximum Gasteiger partial charge on any atom is 0.255 e. The number of carbonyl (C=O) groups excluding carboxylic acids is 1. The molecule has 1 aliphatic rings. The summed E-state index contributed by atoms with van der Waals surface area (Å²) in [6.07, 6.45) is 3.24. The van der Waals surface area contributed by atoms with Gasteiger partial charge in [0.2, 0.25) is 11.1 Å². The highest BCUT2D eigenvalue weighted by Crippen LogP contribution is 2.40. The van der Waals surface area contributed by atoms with E-state index in [1.807, 2.05) is 64.1 Å². The third kappa shape index (κ3) is 6.41. The predicted molar refractivity (Wildman–Crippen MR) is 158 cm³/mol. The van der Waals surface area contributed by atoms with E-state index in [0.29, 0.717) is 41.4 Å². The quantitative estimate of drug-likeness (QED) is 0.188. The number of aryl methyl sites for hydroxylation is 1. The molecule has 2 heterocycles. The summed E-state index contributed by atoms with van der Waals surface area (Å²) in [7, 11) is 0. The van der Waals surface area contributed by atoms with Crippen LogP contribution in [-0.2, 0) is 4.79 Å². The van der Waals surface area contributed by atoms with Crippen molar-refractivity contribution in [2.24, 2.45) is 0 Å². The molecule has 1 amide bonds. The number of allylic oxidation sites excluding steroid dienone is 1. The Kier molecular flexibility index (Phi) is 9.56. The molecule has 1 unspecified atom stereocenters. The van der Waals surface area contributed by atoms with Crippen LogP contribution in [0.4, 0.5) is 11.6 Å². The van der Waals surface area contributed by atoms with E-state index in [9.17, 15) is 4.79 Å². The average molecular weight is 550 g/mol. The summed E-state index contributed by atoms with van der Waals surface area (Å²) in [4.78, 5) is 18.6. The Morgan fingerprint density at radius 2 is 1.90 bits per heavy atom. The first-order chi connectivity index (χ1) is 18.9. The molecule has 0 spiro atoms. The van der Waals surface area contributed by atoms with Crippen molar-refractivity contribution in [2.75, 3.05) is 29.6 Å². The summed E-state index contributed by atoms with van der Waals surface area (Å²) >= 11 is 1.56. The summed E-state index contributed by atoms with van der Waals surface area (Å²) in [5, 5.41) is 11.9. The highest BCUT2D eigenvalue weighted by atomic mass is 32.2. The zero-order chi connectivity index (χ0) is 27.9. The number of ether oxygens (including phenoxy) is 2. The van der Waals surface area contributed by atoms with Crippen LogP contribution in [0.1, 0.15) is 69.7 Å². The highest BCUT2D eigenvalue weighted by molar-refractivity contribution is 7.99. The second-order valence-electron chi connectivity index (χ2n) is 9.56. The average Bonchev–Trinajstić information content (AvgIpc) is 3.31. The molecule has 0 fully saturated rings. The molecule has 1 aliphatic heterocycles. The maximum absolute atomic E-state index is 13.9. The molecule has 1 aromatic heterocycles. The van der Waals surface area contributed by atoms with Crippen molar-refractivity contribution in [1.29, 1.82) is 0 Å². The number of amides is 1. The van der Waals surface area contributed by atoms with E-state index in [1.165, 1.54) is 0 Å². The number of rotatable bonds is 12. The molecular weight excluding hydrogens is 510 g/mol. The van der Waals surface area contributed by atoms with Gasteiger partial charge in [0.25, 0.3) is 5.91 Å². The summed E-state index contributed by atoms with van der Waals surface area (Å²) < 4.78 is 13.9. The Labute approximate surface area is 235 Å². The number of thioether (sulfide) groups is 1. The Hall–Kier alpha value is -3.46. The van der Waals surface area contributed by atoms with Crippen LogP contribution in [0.5, 0.6) is 11.5 Å². The van der Waals surface area contributed by atoms with E-state index < -0.39 is 6.04 Å². The van der Waals surface area contributed by atoms with Crippen LogP contribution in [0.2, 0.25) is 0 Å². The van der Waals surface area contributed by atoms with Crippen molar-refractivity contribution in [3.8, 4) is 11.5 Å². The van der Waals surface area contributed by atoms with Gasteiger partial charge < -0.3 is 20.1 Å². The minimum Gasteiger partial charge on any atom is -0.490 e. The fourth-order valence-corrected chi connectivity index (χ4v) is 5.17. The molecule has 4 rings (SSSR count). The lowest BCUT2D eigenvalue weighted by molar-refractivity contribution is -0.113. The van der Waals surface area contributed by atoms with Crippen LogP contribution < -0.4 is 20.1 Å². The van der Waals surface area contributed by atoms with E-state index in [-0.39, 0.29) is 5.91 Å². The van der Waals surface area contributed by atoms with Crippen LogP contribution in [0, 0.1) is 13.8 Å². The predicted octanol–water partition coefficient (Wildman–Crippen LogP) is 6.90. The van der Waals surface area contributed by atoms with E-state index in [2.05, 4.69) is 29.5 Å². The molecule has 0 aliphatic carbocycles. The van der Waals surface area contributed by atoms with E-state index in [4.69, 9.17) is 14.6 Å². The van der Waals surface area contributed by atoms with Gasteiger partial charge in [-0.15, -0.1) is 5.10 Å². The molecule has 1 atom stereocenters. The molecule has 8 nitrogen and oxygen atoms in total. The van der Waals surface area contributed by atoms with Gasteiger partial charge in [-0.2, -0.15) is 4.98 Å². The van der Waals surface area contributed by atoms with Crippen molar-refractivity contribution in [1.82, 2.24) is 14.8 Å². The fourth-order valence-electron chi connectivity index (χ4n) is 4.62. The first kappa shape index (κ1) is 28.5. The van der Waals surface area contributed by atoms with Gasteiger partial charge in [-0.25, -0.2) is 4.68 Å². The van der Waals surface area contributed by atoms with Crippen LogP contribution in [0.15, 0.2) is 52.8 Å². The summed E-state index contributed by atoms with van der Waals surface area (Å²) in [6.45, 7) is 13.3. The molecule has 0 radical (unpaired) electrons. The fraction of sp³-hybridized carbons (Fsp3) is 0.433. The van der Waals surface area contributed by atoms with E-state index in [0.717, 1.165) is 53.1 Å². The Morgan fingerprint density at radius 3 is 2.64 bits per heavy atom. The van der Waals surface area contributed by atoms with Gasteiger partial charge in [-0.1, -0.05) is 56.7 Å². The molecule has 3 aromatic rings. The number of hydrogen-bond donors (Lipinski definition) is 2. The number of fused-ring (bicyclic) bond motifs is 1. The van der Waals surface area contributed by atoms with E-state index >= 15 is 0 Å². The molecule has 2 N–H and O–H groups in total. The Balaban J connectivity index is 1.76. The van der Waals surface area contributed by atoms with Crippen molar-refractivity contribution >= 4 is 29.3 Å². The van der Waals surface area contributed by atoms with Gasteiger partial charge in [0.15, 0.2) is 11.5 Å². The number of anilines is 2. The maximum atomic E-state index is 13.9. The van der Waals surface area contributed by atoms with Crippen molar-refractivity contribution in [3.05, 3.63) is 64.4 Å². The molecule has 0 saturated heterocycles. The first-order valence-corrected chi connectivity index (χ1v) is 14.7. The Bertz CT molecular complexity index is 1350. The number of nitrogens with zero attached hydrogens (tertiary/aromatic N) is 3. The standard InChI is InChI=1S/C30H39N5O3S/c1-7-10-11-17-38-24-16-15-22(18-25(24)37-8-2)27-26(28(36)32-23-14-12-13-19(4)20(23)5)21(6)31-29-33-30(39-9-3)34-35(27)29/h12-16,18,27H,7-11,17H2,1-6H3,(H,32,36)(H,31,33,34). The lowest BCUT2D eigenvalue weighted by Crippen LogP contribution is -2.31.